The van der Waals surface area contributed by atoms with Crippen molar-refractivity contribution in [1.29, 1.82) is 0 Å². The third-order valence-electron chi connectivity index (χ3n) is 4.84. The summed E-state index contributed by atoms with van der Waals surface area (Å²) in [7, 11) is -3.55. The molecule has 6 nitrogen and oxygen atoms in total. The normalized spacial score (nSPS) is 28.3. The number of anilines is 1. The fraction of sp³-hybridized carbons (Fsp3) is 0.278. The molecule has 2 N–H and O–H groups in total. The third kappa shape index (κ3) is 2.95. The zero-order valence-corrected chi connectivity index (χ0v) is 14.4. The van der Waals surface area contributed by atoms with Gasteiger partial charge in [0.15, 0.2) is 15.3 Å². The van der Waals surface area contributed by atoms with E-state index in [-0.39, 0.29) is 17.3 Å². The molecule has 4 rings (SSSR count). The maximum Gasteiger partial charge on any atom is 0.253 e. The zero-order valence-electron chi connectivity index (χ0n) is 13.6. The quantitative estimate of drug-likeness (QED) is 0.764. The van der Waals surface area contributed by atoms with Crippen molar-refractivity contribution in [2.24, 2.45) is 0 Å². The molecule has 2 atom stereocenters. The Bertz CT molecular complexity index is 858. The van der Waals surface area contributed by atoms with E-state index in [0.717, 1.165) is 0 Å². The van der Waals surface area contributed by atoms with Crippen LogP contribution in [0, 0.1) is 0 Å². The first kappa shape index (κ1) is 16.3. The summed E-state index contributed by atoms with van der Waals surface area (Å²) in [4.78, 5) is 14.7. The van der Waals surface area contributed by atoms with Crippen molar-refractivity contribution in [3.05, 3.63) is 60.2 Å². The summed E-state index contributed by atoms with van der Waals surface area (Å²) in [6.07, 6.45) is 0.683. The van der Waals surface area contributed by atoms with Crippen LogP contribution in [0.15, 0.2) is 59.5 Å². The monoisotopic (exact) mass is 357 g/mol. The van der Waals surface area contributed by atoms with E-state index in [1.807, 2.05) is 24.3 Å². The van der Waals surface area contributed by atoms with Gasteiger partial charge in [0.05, 0.1) is 17.8 Å². The van der Waals surface area contributed by atoms with Gasteiger partial charge < -0.3 is 14.8 Å². The van der Waals surface area contributed by atoms with Gasteiger partial charge >= 0.3 is 0 Å². The van der Waals surface area contributed by atoms with Crippen LogP contribution >= 0.6 is 0 Å². The van der Waals surface area contributed by atoms with Crippen LogP contribution < -0.4 is 10.0 Å². The SMILES string of the molecule is O=C(c1ccccc1)N1CCC2(CN[S+](=O)([O-])c3ccccc3N2)C1. The molecular weight excluding hydrogens is 338 g/mol. The number of sulfonamides is 1. The second-order valence-electron chi connectivity index (χ2n) is 6.57. The van der Waals surface area contributed by atoms with Gasteiger partial charge in [-0.25, -0.2) is 0 Å². The summed E-state index contributed by atoms with van der Waals surface area (Å²) in [5.74, 6) is -0.0281. The standard InChI is InChI=1S/C18H19N3O3S/c22-17(14-6-2-1-3-7-14)21-11-10-18(13-21)12-19-25(23,24)16-9-5-4-8-15(16)20-18/h1-9H,10-13H2,(H2-,19,20,23,24). The maximum absolute atomic E-state index is 12.7. The van der Waals surface area contributed by atoms with E-state index >= 15 is 0 Å². The van der Waals surface area contributed by atoms with Crippen molar-refractivity contribution in [3.8, 4) is 0 Å². The summed E-state index contributed by atoms with van der Waals surface area (Å²) < 4.78 is 27.6. The van der Waals surface area contributed by atoms with Gasteiger partial charge in [0.1, 0.15) is 0 Å². The highest BCUT2D eigenvalue weighted by molar-refractivity contribution is 7.96. The summed E-state index contributed by atoms with van der Waals surface area (Å²) in [5, 5.41) is 3.39. The lowest BCUT2D eigenvalue weighted by molar-refractivity contribution is 0.0786. The van der Waals surface area contributed by atoms with Gasteiger partial charge in [-0.3, -0.25) is 4.79 Å². The Labute approximate surface area is 147 Å². The van der Waals surface area contributed by atoms with Crippen molar-refractivity contribution in [2.45, 2.75) is 16.9 Å². The van der Waals surface area contributed by atoms with E-state index in [0.29, 0.717) is 30.8 Å². The summed E-state index contributed by atoms with van der Waals surface area (Å²) in [6, 6.07) is 16.0. The molecular formula is C18H19N3O3S. The number of nitrogens with one attached hydrogen (secondary N) is 2. The first-order valence-electron chi connectivity index (χ1n) is 8.20. The molecule has 0 bridgehead atoms. The number of nitrogens with zero attached hydrogens (tertiary/aromatic N) is 1. The van der Waals surface area contributed by atoms with E-state index in [9.17, 15) is 13.6 Å². The predicted molar refractivity (Wildman–Crippen MR) is 94.9 cm³/mol. The Morgan fingerprint density at radius 1 is 1.12 bits per heavy atom. The van der Waals surface area contributed by atoms with E-state index in [2.05, 4.69) is 10.0 Å². The minimum atomic E-state index is -3.55. The summed E-state index contributed by atoms with van der Waals surface area (Å²) >= 11 is 0. The van der Waals surface area contributed by atoms with E-state index in [4.69, 9.17) is 0 Å². The summed E-state index contributed by atoms with van der Waals surface area (Å²) in [6.45, 7) is 1.30. The topological polar surface area (TPSA) is 84.5 Å². The lowest BCUT2D eigenvalue weighted by Gasteiger charge is -2.29. The molecule has 1 fully saturated rings. The maximum atomic E-state index is 12.7. The van der Waals surface area contributed by atoms with E-state index < -0.39 is 15.9 Å². The molecule has 7 heteroatoms. The zero-order chi connectivity index (χ0) is 17.5. The number of para-hydroxylation sites is 1. The van der Waals surface area contributed by atoms with Gasteiger partial charge in [0.2, 0.25) is 0 Å². The Morgan fingerprint density at radius 2 is 1.84 bits per heavy atom. The molecule has 2 heterocycles. The van der Waals surface area contributed by atoms with E-state index in [1.165, 1.54) is 0 Å². The van der Waals surface area contributed by atoms with Crippen LogP contribution in [0.1, 0.15) is 16.8 Å². The van der Waals surface area contributed by atoms with Crippen LogP contribution in [0.3, 0.4) is 0 Å². The van der Waals surface area contributed by atoms with Crippen LogP contribution in [-0.4, -0.2) is 40.5 Å². The van der Waals surface area contributed by atoms with Gasteiger partial charge in [0.25, 0.3) is 5.91 Å². The van der Waals surface area contributed by atoms with Crippen molar-refractivity contribution in [1.82, 2.24) is 9.62 Å². The molecule has 2 aromatic rings. The number of fused-ring (bicyclic) bond motifs is 1. The minimum absolute atomic E-state index is 0.0281. The van der Waals surface area contributed by atoms with Gasteiger partial charge in [-0.05, 0) is 30.7 Å². The smallest absolute Gasteiger partial charge is 0.253 e. The highest BCUT2D eigenvalue weighted by Gasteiger charge is 2.45. The Kier molecular flexibility index (Phi) is 3.87. The van der Waals surface area contributed by atoms with Crippen molar-refractivity contribution in [2.75, 3.05) is 25.0 Å². The second-order valence-corrected chi connectivity index (χ2v) is 8.30. The van der Waals surface area contributed by atoms with Crippen LogP contribution in [-0.2, 0) is 14.6 Å². The molecule has 0 aliphatic carbocycles. The highest BCUT2D eigenvalue weighted by atomic mass is 32.3. The lowest BCUT2D eigenvalue weighted by Crippen LogP contribution is -2.50. The van der Waals surface area contributed by atoms with Gasteiger partial charge in [-0.1, -0.05) is 34.5 Å². The molecule has 0 radical (unpaired) electrons. The number of carbonyl (C=O) groups excluding carboxylic acids is 1. The van der Waals surface area contributed by atoms with Crippen molar-refractivity contribution < 1.29 is 13.6 Å². The largest absolute Gasteiger partial charge is 0.593 e. The van der Waals surface area contributed by atoms with Crippen molar-refractivity contribution >= 4 is 22.0 Å². The van der Waals surface area contributed by atoms with Crippen LogP contribution in [0.5, 0.6) is 0 Å². The number of benzene rings is 2. The molecule has 0 saturated carbocycles. The molecule has 1 amide bonds. The van der Waals surface area contributed by atoms with E-state index in [1.54, 1.807) is 35.2 Å². The number of hydrogen-bond donors (Lipinski definition) is 2. The molecule has 130 valence electrons. The fourth-order valence-corrected chi connectivity index (χ4v) is 4.79. The van der Waals surface area contributed by atoms with Crippen LogP contribution in [0.25, 0.3) is 0 Å². The fourth-order valence-electron chi connectivity index (χ4n) is 3.50. The first-order valence-corrected chi connectivity index (χ1v) is 9.69. The minimum Gasteiger partial charge on any atom is -0.593 e. The number of hydrogen-bond acceptors (Lipinski definition) is 4. The van der Waals surface area contributed by atoms with Gasteiger partial charge in [-0.2, -0.15) is 0 Å². The molecule has 2 aliphatic rings. The predicted octanol–water partition coefficient (Wildman–Crippen LogP) is 1.89. The third-order valence-corrected chi connectivity index (χ3v) is 6.30. The summed E-state index contributed by atoms with van der Waals surface area (Å²) in [5.41, 5.74) is 0.736. The number of likely N-dealkylation sites (tertiary alicyclic amines) is 1. The molecule has 25 heavy (non-hydrogen) atoms. The van der Waals surface area contributed by atoms with Crippen LogP contribution in [0.2, 0.25) is 0 Å². The molecule has 1 spiro atoms. The molecule has 2 aromatic carbocycles. The van der Waals surface area contributed by atoms with Crippen molar-refractivity contribution in [3.63, 3.8) is 0 Å². The lowest BCUT2D eigenvalue weighted by atomic mass is 9.98. The Hall–Kier alpha value is -2.22. The Morgan fingerprint density at radius 3 is 2.64 bits per heavy atom. The molecule has 1 saturated heterocycles. The number of carbonyl (C=O) groups is 1. The number of rotatable bonds is 1. The average Bonchev–Trinajstić information content (AvgIpc) is 3.00. The molecule has 2 aliphatic heterocycles. The van der Waals surface area contributed by atoms with Gasteiger partial charge in [0, 0.05) is 18.7 Å². The average molecular weight is 357 g/mol. The highest BCUT2D eigenvalue weighted by Crippen LogP contribution is 2.34. The Balaban J connectivity index is 1.60. The van der Waals surface area contributed by atoms with Crippen LogP contribution in [0.4, 0.5) is 5.69 Å². The molecule has 2 unspecified atom stereocenters. The first-order chi connectivity index (χ1) is 12.0. The van der Waals surface area contributed by atoms with Gasteiger partial charge in [-0.15, -0.1) is 4.72 Å². The second kappa shape index (κ2) is 5.94. The molecule has 0 aromatic heterocycles. The number of amides is 1.